The molecule has 72 valence electrons. The van der Waals surface area contributed by atoms with Gasteiger partial charge in [-0.15, -0.1) is 0 Å². The van der Waals surface area contributed by atoms with Crippen molar-refractivity contribution in [1.29, 1.82) is 0 Å². The van der Waals surface area contributed by atoms with E-state index in [1.165, 1.54) is 0 Å². The molecule has 0 amide bonds. The molecule has 0 rings (SSSR count). The normalized spacial score (nSPS) is 10.3. The van der Waals surface area contributed by atoms with E-state index >= 15 is 0 Å². The molecule has 0 heterocycles. The van der Waals surface area contributed by atoms with Gasteiger partial charge in [-0.1, -0.05) is 0 Å². The molecule has 0 aliphatic heterocycles. The summed E-state index contributed by atoms with van der Waals surface area (Å²) in [6.45, 7) is 3.30. The van der Waals surface area contributed by atoms with Crippen LogP contribution in [0.4, 0.5) is 0 Å². The number of hydrogen-bond donors (Lipinski definition) is 1. The van der Waals surface area contributed by atoms with Crippen LogP contribution in [0.2, 0.25) is 0 Å². The van der Waals surface area contributed by atoms with Crippen molar-refractivity contribution in [2.75, 3.05) is 27.3 Å². The van der Waals surface area contributed by atoms with Crippen LogP contribution in [0.15, 0.2) is 0 Å². The summed E-state index contributed by atoms with van der Waals surface area (Å²) >= 11 is 4.82. The molecule has 0 aliphatic carbocycles. The van der Waals surface area contributed by atoms with Crippen LogP contribution in [0.1, 0.15) is 6.92 Å². The SMILES string of the molecule is CCN(CC(OC)OC)C(N)=S. The third-order valence-electron chi connectivity index (χ3n) is 1.59. The zero-order valence-electron chi connectivity index (χ0n) is 7.74. The van der Waals surface area contributed by atoms with Gasteiger partial charge >= 0.3 is 0 Å². The predicted octanol–water partition coefficient (Wildman–Crippen LogP) is 0.171. The van der Waals surface area contributed by atoms with Gasteiger partial charge in [-0.05, 0) is 19.1 Å². The highest BCUT2D eigenvalue weighted by molar-refractivity contribution is 7.80. The minimum Gasteiger partial charge on any atom is -0.376 e. The summed E-state index contributed by atoms with van der Waals surface area (Å²) in [6, 6.07) is 0. The zero-order chi connectivity index (χ0) is 9.56. The molecule has 0 spiro atoms. The van der Waals surface area contributed by atoms with E-state index in [-0.39, 0.29) is 6.29 Å². The lowest BCUT2D eigenvalue weighted by atomic mass is 10.5. The molecule has 0 aromatic carbocycles. The third-order valence-corrected chi connectivity index (χ3v) is 1.85. The standard InChI is InChI=1S/C7H16N2O2S/c1-4-9(7(8)12)5-6(10-2)11-3/h6H,4-5H2,1-3H3,(H2,8,12). The van der Waals surface area contributed by atoms with Crippen molar-refractivity contribution in [3.05, 3.63) is 0 Å². The van der Waals surface area contributed by atoms with Crippen molar-refractivity contribution in [2.24, 2.45) is 5.73 Å². The van der Waals surface area contributed by atoms with Gasteiger partial charge in [0.1, 0.15) is 0 Å². The summed E-state index contributed by atoms with van der Waals surface area (Å²) in [4.78, 5) is 1.81. The number of hydrogen-bond acceptors (Lipinski definition) is 3. The van der Waals surface area contributed by atoms with E-state index in [1.807, 2.05) is 11.8 Å². The Labute approximate surface area is 78.6 Å². The monoisotopic (exact) mass is 192 g/mol. The van der Waals surface area contributed by atoms with Crippen LogP contribution in [0.5, 0.6) is 0 Å². The number of rotatable bonds is 5. The number of likely N-dealkylation sites (N-methyl/N-ethyl adjacent to an activating group) is 1. The maximum atomic E-state index is 5.45. The molecule has 2 N–H and O–H groups in total. The predicted molar refractivity (Wildman–Crippen MR) is 51.8 cm³/mol. The smallest absolute Gasteiger partial charge is 0.174 e. The van der Waals surface area contributed by atoms with Gasteiger partial charge in [-0.25, -0.2) is 0 Å². The molecule has 0 aliphatic rings. The molecule has 0 aromatic rings. The molecule has 0 aromatic heterocycles. The van der Waals surface area contributed by atoms with Crippen LogP contribution in [0.25, 0.3) is 0 Å². The molecular weight excluding hydrogens is 176 g/mol. The number of nitrogens with two attached hydrogens (primary N) is 1. The lowest BCUT2D eigenvalue weighted by molar-refractivity contribution is -0.109. The molecule has 0 unspecified atom stereocenters. The topological polar surface area (TPSA) is 47.7 Å². The second-order valence-corrected chi connectivity index (χ2v) is 2.70. The first-order valence-electron chi connectivity index (χ1n) is 3.75. The maximum absolute atomic E-state index is 5.45. The quantitative estimate of drug-likeness (QED) is 0.497. The average Bonchev–Trinajstić information content (AvgIpc) is 2.06. The maximum Gasteiger partial charge on any atom is 0.174 e. The Kier molecular flexibility index (Phi) is 5.96. The number of ether oxygens (including phenoxy) is 2. The van der Waals surface area contributed by atoms with Crippen molar-refractivity contribution < 1.29 is 9.47 Å². The van der Waals surface area contributed by atoms with E-state index in [4.69, 9.17) is 27.4 Å². The molecule has 0 radical (unpaired) electrons. The summed E-state index contributed by atoms with van der Waals surface area (Å²) in [5, 5.41) is 0.372. The van der Waals surface area contributed by atoms with E-state index in [0.29, 0.717) is 11.7 Å². The van der Waals surface area contributed by atoms with E-state index < -0.39 is 0 Å². The molecule has 0 fully saturated rings. The van der Waals surface area contributed by atoms with E-state index in [9.17, 15) is 0 Å². The van der Waals surface area contributed by atoms with Crippen LogP contribution in [0, 0.1) is 0 Å². The van der Waals surface area contributed by atoms with Crippen LogP contribution in [0.3, 0.4) is 0 Å². The third kappa shape index (κ3) is 3.85. The highest BCUT2D eigenvalue weighted by atomic mass is 32.1. The summed E-state index contributed by atoms with van der Waals surface area (Å²) < 4.78 is 10.0. The van der Waals surface area contributed by atoms with Crippen molar-refractivity contribution >= 4 is 17.3 Å². The summed E-state index contributed by atoms with van der Waals surface area (Å²) in [6.07, 6.45) is -0.272. The molecular formula is C7H16N2O2S. The largest absolute Gasteiger partial charge is 0.376 e. The lowest BCUT2D eigenvalue weighted by Crippen LogP contribution is -2.41. The summed E-state index contributed by atoms with van der Waals surface area (Å²) in [5.41, 5.74) is 5.45. The Balaban J connectivity index is 3.91. The van der Waals surface area contributed by atoms with Gasteiger partial charge in [0.05, 0.1) is 6.54 Å². The first kappa shape index (κ1) is 11.6. The molecule has 12 heavy (non-hydrogen) atoms. The average molecular weight is 192 g/mol. The fraction of sp³-hybridized carbons (Fsp3) is 0.857. The zero-order valence-corrected chi connectivity index (χ0v) is 8.56. The van der Waals surface area contributed by atoms with E-state index in [1.54, 1.807) is 14.2 Å². The van der Waals surface area contributed by atoms with Crippen molar-refractivity contribution in [1.82, 2.24) is 4.90 Å². The Bertz CT molecular complexity index is 139. The fourth-order valence-corrected chi connectivity index (χ4v) is 1.00. The number of nitrogens with zero attached hydrogens (tertiary/aromatic N) is 1. The number of thiocarbonyl (C=S) groups is 1. The second-order valence-electron chi connectivity index (χ2n) is 2.28. The van der Waals surface area contributed by atoms with Gasteiger partial charge in [0, 0.05) is 20.8 Å². The van der Waals surface area contributed by atoms with Crippen molar-refractivity contribution in [3.63, 3.8) is 0 Å². The second kappa shape index (κ2) is 6.16. The summed E-state index contributed by atoms with van der Waals surface area (Å²) in [7, 11) is 3.17. The molecule has 0 saturated heterocycles. The van der Waals surface area contributed by atoms with Gasteiger partial charge in [0.2, 0.25) is 0 Å². The molecule has 0 atom stereocenters. The van der Waals surface area contributed by atoms with Crippen LogP contribution >= 0.6 is 12.2 Å². The van der Waals surface area contributed by atoms with E-state index in [0.717, 1.165) is 6.54 Å². The highest BCUT2D eigenvalue weighted by Gasteiger charge is 2.11. The molecule has 4 nitrogen and oxygen atoms in total. The van der Waals surface area contributed by atoms with Crippen molar-refractivity contribution in [2.45, 2.75) is 13.2 Å². The van der Waals surface area contributed by atoms with E-state index in [2.05, 4.69) is 0 Å². The van der Waals surface area contributed by atoms with Crippen LogP contribution < -0.4 is 5.73 Å². The van der Waals surface area contributed by atoms with Gasteiger partial charge in [-0.2, -0.15) is 0 Å². The summed E-state index contributed by atoms with van der Waals surface area (Å²) in [5.74, 6) is 0. The lowest BCUT2D eigenvalue weighted by Gasteiger charge is -2.24. The fourth-order valence-electron chi connectivity index (χ4n) is 0.800. The minimum absolute atomic E-state index is 0.272. The molecule has 0 saturated carbocycles. The Morgan fingerprint density at radius 1 is 1.50 bits per heavy atom. The Hall–Kier alpha value is -0.390. The van der Waals surface area contributed by atoms with Gasteiger partial charge in [-0.3, -0.25) is 0 Å². The Morgan fingerprint density at radius 3 is 2.25 bits per heavy atom. The first-order valence-corrected chi connectivity index (χ1v) is 4.16. The molecule has 0 bridgehead atoms. The number of methoxy groups -OCH3 is 2. The molecule has 5 heteroatoms. The highest BCUT2D eigenvalue weighted by Crippen LogP contribution is 1.96. The van der Waals surface area contributed by atoms with Gasteiger partial charge < -0.3 is 20.1 Å². The van der Waals surface area contributed by atoms with Crippen LogP contribution in [-0.4, -0.2) is 43.6 Å². The van der Waals surface area contributed by atoms with Gasteiger partial charge in [0.15, 0.2) is 11.4 Å². The van der Waals surface area contributed by atoms with Gasteiger partial charge in [0.25, 0.3) is 0 Å². The minimum atomic E-state index is -0.272. The first-order chi connectivity index (χ1) is 5.65. The Morgan fingerprint density at radius 2 is 2.00 bits per heavy atom. The van der Waals surface area contributed by atoms with Crippen molar-refractivity contribution in [3.8, 4) is 0 Å². The van der Waals surface area contributed by atoms with Crippen LogP contribution in [-0.2, 0) is 9.47 Å².